The summed E-state index contributed by atoms with van der Waals surface area (Å²) in [5.74, 6) is -1.94. The molecule has 0 saturated carbocycles. The minimum Gasteiger partial charge on any atom is -0.508 e. The van der Waals surface area contributed by atoms with Gasteiger partial charge in [-0.1, -0.05) is 0 Å². The lowest BCUT2D eigenvalue weighted by Crippen LogP contribution is -2.10. The Balaban J connectivity index is 3.09. The van der Waals surface area contributed by atoms with Gasteiger partial charge in [-0.3, -0.25) is 4.79 Å². The summed E-state index contributed by atoms with van der Waals surface area (Å²) in [4.78, 5) is 21.0. The minimum atomic E-state index is -1.11. The summed E-state index contributed by atoms with van der Waals surface area (Å²) in [6.45, 7) is 0. The Morgan fingerprint density at radius 2 is 1.93 bits per heavy atom. The molecule has 0 radical (unpaired) electrons. The van der Waals surface area contributed by atoms with Crippen LogP contribution in [0.4, 0.5) is 0 Å². The number of aromatic hydroxyl groups is 1. The molecule has 1 aromatic carbocycles. The number of hydrogen-bond acceptors (Lipinski definition) is 3. The van der Waals surface area contributed by atoms with Gasteiger partial charge < -0.3 is 15.9 Å². The minimum absolute atomic E-state index is 0.125. The largest absolute Gasteiger partial charge is 0.508 e. The van der Waals surface area contributed by atoms with Gasteiger partial charge in [-0.25, -0.2) is 4.79 Å². The lowest BCUT2D eigenvalue weighted by atomic mass is 10.1. The summed E-state index contributed by atoms with van der Waals surface area (Å²) in [5.41, 5.74) is 5.54. The number of primary amides is 1. The zero-order chi connectivity index (χ0) is 11.4. The van der Waals surface area contributed by atoms with Crippen LogP contribution in [0.25, 0.3) is 6.08 Å². The molecule has 0 atom stereocenters. The molecule has 0 spiro atoms. The normalized spacial score (nSPS) is 10.4. The Morgan fingerprint density at radius 3 is 2.47 bits per heavy atom. The molecular formula is C10H9NO4. The topological polar surface area (TPSA) is 101 Å². The number of carboxylic acids is 1. The van der Waals surface area contributed by atoms with Gasteiger partial charge in [-0.2, -0.15) is 0 Å². The third kappa shape index (κ3) is 3.15. The van der Waals surface area contributed by atoms with Crippen molar-refractivity contribution in [3.63, 3.8) is 0 Å². The van der Waals surface area contributed by atoms with Crippen LogP contribution in [0.5, 0.6) is 5.75 Å². The highest BCUT2D eigenvalue weighted by Gasteiger charge is 2.03. The van der Waals surface area contributed by atoms with E-state index in [0.717, 1.165) is 6.08 Å². The van der Waals surface area contributed by atoms with Crippen molar-refractivity contribution < 1.29 is 19.8 Å². The highest BCUT2D eigenvalue weighted by molar-refractivity contribution is 5.94. The summed E-state index contributed by atoms with van der Waals surface area (Å²) in [5, 5.41) is 17.6. The SMILES string of the molecule is NC(=O)c1cc(O)cc(/C=C/C(=O)O)c1. The van der Waals surface area contributed by atoms with Crippen LogP contribution in [0.3, 0.4) is 0 Å². The average molecular weight is 207 g/mol. The highest BCUT2D eigenvalue weighted by atomic mass is 16.4. The van der Waals surface area contributed by atoms with Gasteiger partial charge in [-0.15, -0.1) is 0 Å². The van der Waals surface area contributed by atoms with Gasteiger partial charge in [0.1, 0.15) is 5.75 Å². The van der Waals surface area contributed by atoms with Crippen molar-refractivity contribution in [3.8, 4) is 5.75 Å². The first-order valence-corrected chi connectivity index (χ1v) is 4.04. The number of carbonyl (C=O) groups excluding carboxylic acids is 1. The van der Waals surface area contributed by atoms with E-state index >= 15 is 0 Å². The van der Waals surface area contributed by atoms with Gasteiger partial charge in [0.15, 0.2) is 0 Å². The smallest absolute Gasteiger partial charge is 0.328 e. The maximum atomic E-state index is 10.8. The fourth-order valence-corrected chi connectivity index (χ4v) is 1.04. The number of aliphatic carboxylic acids is 1. The second-order valence-corrected chi connectivity index (χ2v) is 2.85. The molecule has 5 heteroatoms. The van der Waals surface area contributed by atoms with Crippen molar-refractivity contribution in [2.24, 2.45) is 5.73 Å². The van der Waals surface area contributed by atoms with Crippen LogP contribution < -0.4 is 5.73 Å². The first kappa shape index (κ1) is 10.8. The van der Waals surface area contributed by atoms with Crippen LogP contribution in [0, 0.1) is 0 Å². The van der Waals surface area contributed by atoms with Crippen molar-refractivity contribution in [1.82, 2.24) is 0 Å². The Hall–Kier alpha value is -2.30. The maximum absolute atomic E-state index is 10.8. The van der Waals surface area contributed by atoms with Crippen molar-refractivity contribution in [3.05, 3.63) is 35.4 Å². The molecule has 1 amide bonds. The summed E-state index contributed by atoms with van der Waals surface area (Å²) in [6, 6.07) is 3.92. The van der Waals surface area contributed by atoms with E-state index in [-0.39, 0.29) is 11.3 Å². The molecule has 0 bridgehead atoms. The number of phenolic OH excluding ortho intramolecular Hbond substituents is 1. The van der Waals surface area contributed by atoms with E-state index in [9.17, 15) is 14.7 Å². The van der Waals surface area contributed by atoms with Crippen LogP contribution in [0.1, 0.15) is 15.9 Å². The number of carbonyl (C=O) groups is 2. The van der Waals surface area contributed by atoms with Gasteiger partial charge in [0.05, 0.1) is 0 Å². The predicted octanol–water partition coefficient (Wildman–Crippen LogP) is 0.589. The average Bonchev–Trinajstić information content (AvgIpc) is 2.13. The number of nitrogens with two attached hydrogens (primary N) is 1. The predicted molar refractivity (Wildman–Crippen MR) is 53.3 cm³/mol. The molecule has 78 valence electrons. The van der Waals surface area contributed by atoms with Gasteiger partial charge in [0, 0.05) is 11.6 Å². The molecule has 1 rings (SSSR count). The van der Waals surface area contributed by atoms with Crippen LogP contribution in [0.2, 0.25) is 0 Å². The quantitative estimate of drug-likeness (QED) is 0.631. The van der Waals surface area contributed by atoms with Crippen molar-refractivity contribution in [1.29, 1.82) is 0 Å². The summed E-state index contributed by atoms with van der Waals surface area (Å²) in [6.07, 6.45) is 2.16. The molecule has 0 unspecified atom stereocenters. The van der Waals surface area contributed by atoms with Gasteiger partial charge in [-0.05, 0) is 29.8 Å². The fraction of sp³-hybridized carbons (Fsp3) is 0. The van der Waals surface area contributed by atoms with Crippen LogP contribution >= 0.6 is 0 Å². The first-order valence-electron chi connectivity index (χ1n) is 4.04. The lowest BCUT2D eigenvalue weighted by molar-refractivity contribution is -0.131. The number of carboxylic acid groups (broad SMARTS) is 1. The standard InChI is InChI=1S/C10H9NO4/c11-10(15)7-3-6(1-2-9(13)14)4-8(12)5-7/h1-5,12H,(H2,11,15)(H,13,14)/b2-1+. The molecule has 0 aliphatic heterocycles. The Kier molecular flexibility index (Phi) is 3.07. The second-order valence-electron chi connectivity index (χ2n) is 2.85. The molecule has 0 heterocycles. The van der Waals surface area contributed by atoms with E-state index in [1.807, 2.05) is 0 Å². The van der Waals surface area contributed by atoms with E-state index in [0.29, 0.717) is 5.56 Å². The molecule has 0 saturated heterocycles. The van der Waals surface area contributed by atoms with Crippen molar-refractivity contribution >= 4 is 18.0 Å². The zero-order valence-electron chi connectivity index (χ0n) is 7.68. The summed E-state index contributed by atoms with van der Waals surface area (Å²) >= 11 is 0. The van der Waals surface area contributed by atoms with Crippen LogP contribution in [0.15, 0.2) is 24.3 Å². The van der Waals surface area contributed by atoms with Crippen molar-refractivity contribution in [2.45, 2.75) is 0 Å². The maximum Gasteiger partial charge on any atom is 0.328 e. The van der Waals surface area contributed by atoms with E-state index < -0.39 is 11.9 Å². The molecule has 0 aliphatic carbocycles. The number of rotatable bonds is 3. The van der Waals surface area contributed by atoms with Crippen LogP contribution in [-0.2, 0) is 4.79 Å². The third-order valence-corrected chi connectivity index (χ3v) is 1.64. The highest BCUT2D eigenvalue weighted by Crippen LogP contribution is 2.16. The number of benzene rings is 1. The number of hydrogen-bond donors (Lipinski definition) is 3. The molecule has 0 aliphatic rings. The second kappa shape index (κ2) is 4.28. The fourth-order valence-electron chi connectivity index (χ4n) is 1.04. The Labute approximate surface area is 85.5 Å². The third-order valence-electron chi connectivity index (χ3n) is 1.64. The van der Waals surface area contributed by atoms with E-state index in [1.165, 1.54) is 24.3 Å². The van der Waals surface area contributed by atoms with Crippen molar-refractivity contribution in [2.75, 3.05) is 0 Å². The number of amides is 1. The van der Waals surface area contributed by atoms with Gasteiger partial charge in [0.25, 0.3) is 0 Å². The molecule has 0 aromatic heterocycles. The first-order chi connectivity index (χ1) is 6.99. The number of phenols is 1. The summed E-state index contributed by atoms with van der Waals surface area (Å²) < 4.78 is 0. The van der Waals surface area contributed by atoms with E-state index in [2.05, 4.69) is 0 Å². The van der Waals surface area contributed by atoms with Crippen LogP contribution in [-0.4, -0.2) is 22.1 Å². The molecule has 0 fully saturated rings. The monoisotopic (exact) mass is 207 g/mol. The molecule has 15 heavy (non-hydrogen) atoms. The Bertz CT molecular complexity index is 437. The van der Waals surface area contributed by atoms with E-state index in [4.69, 9.17) is 10.8 Å². The molecular weight excluding hydrogens is 198 g/mol. The van der Waals surface area contributed by atoms with E-state index in [1.54, 1.807) is 0 Å². The zero-order valence-corrected chi connectivity index (χ0v) is 7.68. The van der Waals surface area contributed by atoms with Gasteiger partial charge >= 0.3 is 5.97 Å². The molecule has 4 N–H and O–H groups in total. The Morgan fingerprint density at radius 1 is 1.27 bits per heavy atom. The lowest BCUT2D eigenvalue weighted by Gasteiger charge is -1.99. The van der Waals surface area contributed by atoms with Gasteiger partial charge in [0.2, 0.25) is 5.91 Å². The summed E-state index contributed by atoms with van der Waals surface area (Å²) in [7, 11) is 0. The molecule has 5 nitrogen and oxygen atoms in total. The molecule has 1 aromatic rings.